The van der Waals surface area contributed by atoms with Crippen LogP contribution in [0.3, 0.4) is 0 Å². The first-order chi connectivity index (χ1) is 14.1. The zero-order valence-corrected chi connectivity index (χ0v) is 18.5. The summed E-state index contributed by atoms with van der Waals surface area (Å²) >= 11 is 0. The number of sulfonamides is 2. The van der Waals surface area contributed by atoms with Gasteiger partial charge in [-0.1, -0.05) is 0 Å². The van der Waals surface area contributed by atoms with Crippen molar-refractivity contribution in [1.29, 1.82) is 0 Å². The maximum absolute atomic E-state index is 12.7. The molecule has 0 unspecified atom stereocenters. The lowest BCUT2D eigenvalue weighted by Crippen LogP contribution is -2.30. The van der Waals surface area contributed by atoms with E-state index < -0.39 is 20.0 Å². The molecule has 164 valence electrons. The van der Waals surface area contributed by atoms with Crippen molar-refractivity contribution in [2.45, 2.75) is 29.2 Å². The molecule has 0 amide bonds. The average molecular weight is 456 g/mol. The fraction of sp³-hybridized carbons (Fsp3) is 0.421. The first-order valence-electron chi connectivity index (χ1n) is 9.48. The zero-order valence-electron chi connectivity index (χ0n) is 16.9. The van der Waals surface area contributed by atoms with Crippen LogP contribution in [0.5, 0.6) is 5.75 Å². The number of ether oxygens (including phenoxy) is 1. The summed E-state index contributed by atoms with van der Waals surface area (Å²) in [6, 6.07) is 8.53. The van der Waals surface area contributed by atoms with Crippen LogP contribution in [-0.2, 0) is 26.6 Å². The van der Waals surface area contributed by atoms with Crippen LogP contribution >= 0.6 is 0 Å². The van der Waals surface area contributed by atoms with Gasteiger partial charge in [0.25, 0.3) is 5.56 Å². The molecule has 1 aromatic carbocycles. The second-order valence-corrected chi connectivity index (χ2v) is 11.2. The Bertz CT molecular complexity index is 1150. The normalized spacial score (nSPS) is 15.6. The number of hydrogen-bond acceptors (Lipinski definition) is 6. The van der Waals surface area contributed by atoms with E-state index >= 15 is 0 Å². The minimum atomic E-state index is -3.61. The van der Waals surface area contributed by atoms with Crippen molar-refractivity contribution in [3.8, 4) is 5.75 Å². The summed E-state index contributed by atoms with van der Waals surface area (Å²) in [5.41, 5.74) is -0.327. The summed E-state index contributed by atoms with van der Waals surface area (Å²) in [6.45, 7) is 1.25. The molecule has 1 fully saturated rings. The fourth-order valence-electron chi connectivity index (χ4n) is 3.09. The van der Waals surface area contributed by atoms with Crippen LogP contribution in [0.25, 0.3) is 0 Å². The summed E-state index contributed by atoms with van der Waals surface area (Å²) in [5.74, 6) is 0.446. The molecular formula is C19H25N3O6S2. The molecule has 0 atom stereocenters. The van der Waals surface area contributed by atoms with E-state index in [1.807, 2.05) is 0 Å². The molecule has 11 heteroatoms. The lowest BCUT2D eigenvalue weighted by Gasteiger charge is -2.16. The van der Waals surface area contributed by atoms with Gasteiger partial charge < -0.3 is 9.30 Å². The van der Waals surface area contributed by atoms with Gasteiger partial charge in [0.05, 0.1) is 16.3 Å². The van der Waals surface area contributed by atoms with Crippen LogP contribution in [0, 0.1) is 0 Å². The molecule has 1 aliphatic rings. The summed E-state index contributed by atoms with van der Waals surface area (Å²) < 4.78 is 59.0. The Kier molecular flexibility index (Phi) is 6.65. The van der Waals surface area contributed by atoms with Gasteiger partial charge in [0, 0.05) is 39.4 Å². The highest BCUT2D eigenvalue weighted by Gasteiger charge is 2.27. The number of aromatic nitrogens is 1. The minimum absolute atomic E-state index is 0.0854. The first kappa shape index (κ1) is 22.5. The minimum Gasteiger partial charge on any atom is -0.492 e. The number of hydrogen-bond donors (Lipinski definition) is 0. The molecule has 0 saturated carbocycles. The van der Waals surface area contributed by atoms with Crippen LogP contribution in [0.15, 0.2) is 57.2 Å². The molecule has 1 saturated heterocycles. The smallest absolute Gasteiger partial charge is 0.250 e. The lowest BCUT2D eigenvalue weighted by atomic mass is 10.3. The van der Waals surface area contributed by atoms with Crippen molar-refractivity contribution in [2.75, 3.05) is 33.8 Å². The summed E-state index contributed by atoms with van der Waals surface area (Å²) in [7, 11) is -4.22. The Morgan fingerprint density at radius 2 is 1.53 bits per heavy atom. The number of pyridine rings is 1. The largest absolute Gasteiger partial charge is 0.492 e. The summed E-state index contributed by atoms with van der Waals surface area (Å²) in [6.07, 6.45) is 3.01. The molecule has 2 heterocycles. The van der Waals surface area contributed by atoms with E-state index in [0.29, 0.717) is 18.8 Å². The fourth-order valence-corrected chi connectivity index (χ4v) is 5.53. The Hall–Kier alpha value is -2.21. The number of nitrogens with zero attached hydrogens (tertiary/aromatic N) is 3. The quantitative estimate of drug-likeness (QED) is 0.587. The molecule has 0 spiro atoms. The van der Waals surface area contributed by atoms with Gasteiger partial charge in [-0.3, -0.25) is 4.79 Å². The molecule has 0 aliphatic carbocycles. The monoisotopic (exact) mass is 455 g/mol. The summed E-state index contributed by atoms with van der Waals surface area (Å²) in [4.78, 5) is 12.3. The van der Waals surface area contributed by atoms with E-state index in [2.05, 4.69) is 0 Å². The van der Waals surface area contributed by atoms with Gasteiger partial charge in [0.1, 0.15) is 12.4 Å². The van der Waals surface area contributed by atoms with Crippen molar-refractivity contribution in [3.05, 3.63) is 52.9 Å². The maximum atomic E-state index is 12.7. The van der Waals surface area contributed by atoms with Crippen molar-refractivity contribution in [2.24, 2.45) is 0 Å². The SMILES string of the molecule is CN(C)S(=O)(=O)c1ccc(OCCn2cc(S(=O)(=O)N3CCCC3)ccc2=O)cc1. The topological polar surface area (TPSA) is 106 Å². The van der Waals surface area contributed by atoms with E-state index in [0.717, 1.165) is 17.1 Å². The van der Waals surface area contributed by atoms with Crippen molar-refractivity contribution in [1.82, 2.24) is 13.2 Å². The first-order valence-corrected chi connectivity index (χ1v) is 12.4. The predicted octanol–water partition coefficient (Wildman–Crippen LogP) is 0.962. The molecule has 0 bridgehead atoms. The highest BCUT2D eigenvalue weighted by atomic mass is 32.2. The highest BCUT2D eigenvalue weighted by Crippen LogP contribution is 2.20. The standard InChI is InChI=1S/C19H25N3O6S2/c1-20(2)29(24,25)17-7-5-16(6-8-17)28-14-13-21-15-18(9-10-19(21)23)30(26,27)22-11-3-4-12-22/h5-10,15H,3-4,11-14H2,1-2H3. The van der Waals surface area contributed by atoms with Gasteiger partial charge in [0.2, 0.25) is 20.0 Å². The molecule has 30 heavy (non-hydrogen) atoms. The Labute approximate surface area is 176 Å². The third kappa shape index (κ3) is 4.75. The van der Waals surface area contributed by atoms with Crippen LogP contribution in [0.2, 0.25) is 0 Å². The second kappa shape index (κ2) is 8.88. The van der Waals surface area contributed by atoms with Gasteiger partial charge >= 0.3 is 0 Å². The Morgan fingerprint density at radius 1 is 0.933 bits per heavy atom. The highest BCUT2D eigenvalue weighted by molar-refractivity contribution is 7.89. The molecule has 0 N–H and O–H groups in total. The number of benzene rings is 1. The van der Waals surface area contributed by atoms with Gasteiger partial charge in [0.15, 0.2) is 0 Å². The van der Waals surface area contributed by atoms with Crippen LogP contribution in [0.4, 0.5) is 0 Å². The van der Waals surface area contributed by atoms with Gasteiger partial charge in [-0.05, 0) is 43.2 Å². The molecule has 1 aromatic heterocycles. The van der Waals surface area contributed by atoms with Crippen molar-refractivity contribution < 1.29 is 21.6 Å². The molecule has 0 radical (unpaired) electrons. The average Bonchev–Trinajstić information content (AvgIpc) is 3.25. The molecule has 9 nitrogen and oxygen atoms in total. The second-order valence-electron chi connectivity index (χ2n) is 7.11. The van der Waals surface area contributed by atoms with E-state index in [-0.39, 0.29) is 28.5 Å². The Balaban J connectivity index is 1.67. The van der Waals surface area contributed by atoms with E-state index in [1.165, 1.54) is 65.6 Å². The summed E-state index contributed by atoms with van der Waals surface area (Å²) in [5, 5.41) is 0. The Morgan fingerprint density at radius 3 is 2.13 bits per heavy atom. The third-order valence-corrected chi connectivity index (χ3v) is 8.57. The van der Waals surface area contributed by atoms with Crippen LogP contribution in [0.1, 0.15) is 12.8 Å². The van der Waals surface area contributed by atoms with E-state index in [4.69, 9.17) is 4.74 Å². The van der Waals surface area contributed by atoms with Crippen molar-refractivity contribution >= 4 is 20.0 Å². The molecule has 1 aliphatic heterocycles. The molecular weight excluding hydrogens is 430 g/mol. The zero-order chi connectivity index (χ0) is 21.9. The van der Waals surface area contributed by atoms with E-state index in [9.17, 15) is 21.6 Å². The number of rotatable bonds is 8. The van der Waals surface area contributed by atoms with Gasteiger partial charge in [-0.2, -0.15) is 4.31 Å². The lowest BCUT2D eigenvalue weighted by molar-refractivity contribution is 0.295. The van der Waals surface area contributed by atoms with Gasteiger partial charge in [-0.25, -0.2) is 21.1 Å². The molecule has 3 rings (SSSR count). The predicted molar refractivity (Wildman–Crippen MR) is 112 cm³/mol. The maximum Gasteiger partial charge on any atom is 0.250 e. The van der Waals surface area contributed by atoms with Crippen molar-refractivity contribution in [3.63, 3.8) is 0 Å². The van der Waals surface area contributed by atoms with E-state index in [1.54, 1.807) is 0 Å². The third-order valence-electron chi connectivity index (χ3n) is 4.86. The van der Waals surface area contributed by atoms with Gasteiger partial charge in [-0.15, -0.1) is 0 Å². The van der Waals surface area contributed by atoms with Crippen LogP contribution in [-0.4, -0.2) is 63.8 Å². The molecule has 2 aromatic rings. The van der Waals surface area contributed by atoms with Crippen LogP contribution < -0.4 is 10.3 Å².